The second-order valence-electron chi connectivity index (χ2n) is 6.93. The molecule has 2 N–H and O–H groups in total. The lowest BCUT2D eigenvalue weighted by Crippen LogP contribution is -2.31. The van der Waals surface area contributed by atoms with Crippen molar-refractivity contribution < 1.29 is 13.2 Å². The van der Waals surface area contributed by atoms with Crippen molar-refractivity contribution in [3.8, 4) is 0 Å². The second kappa shape index (κ2) is 9.89. The van der Waals surface area contributed by atoms with E-state index in [1.165, 1.54) is 4.31 Å². The fourth-order valence-electron chi connectivity index (χ4n) is 3.26. The molecule has 0 radical (unpaired) electrons. The van der Waals surface area contributed by atoms with Crippen LogP contribution in [-0.4, -0.2) is 38.3 Å². The summed E-state index contributed by atoms with van der Waals surface area (Å²) in [5.41, 5.74) is 4.22. The monoisotopic (exact) mass is 417 g/mol. The number of nitrogens with one attached hydrogen (secondary N) is 2. The number of hydrogen-bond donors (Lipinski definition) is 2. The lowest BCUT2D eigenvalue weighted by molar-refractivity contribution is -0.114. The zero-order valence-corrected chi connectivity index (χ0v) is 18.7. The Labute approximate surface area is 174 Å². The predicted octanol–water partition coefficient (Wildman–Crippen LogP) is 3.95. The Morgan fingerprint density at radius 3 is 2.31 bits per heavy atom. The van der Waals surface area contributed by atoms with Crippen LogP contribution in [0.5, 0.6) is 0 Å². The number of hydrogen-bond acceptors (Lipinski definition) is 4. The molecule has 1 amide bonds. The van der Waals surface area contributed by atoms with E-state index in [4.69, 9.17) is 0 Å². The van der Waals surface area contributed by atoms with E-state index in [-0.39, 0.29) is 17.3 Å². The molecule has 0 atom stereocenters. The van der Waals surface area contributed by atoms with Crippen LogP contribution in [0.15, 0.2) is 41.3 Å². The van der Waals surface area contributed by atoms with Gasteiger partial charge in [0.2, 0.25) is 15.9 Å². The van der Waals surface area contributed by atoms with Gasteiger partial charge in [-0.2, -0.15) is 4.31 Å². The zero-order valence-electron chi connectivity index (χ0n) is 17.9. The molecule has 0 aliphatic carbocycles. The van der Waals surface area contributed by atoms with Crippen molar-refractivity contribution in [1.29, 1.82) is 0 Å². The van der Waals surface area contributed by atoms with Gasteiger partial charge in [-0.3, -0.25) is 4.79 Å². The Hall–Kier alpha value is -2.38. The molecular weight excluding hydrogens is 386 g/mol. The zero-order chi connectivity index (χ0) is 21.6. The van der Waals surface area contributed by atoms with E-state index in [9.17, 15) is 13.2 Å². The van der Waals surface area contributed by atoms with Crippen LogP contribution < -0.4 is 10.6 Å². The molecule has 0 aromatic heterocycles. The number of rotatable bonds is 9. The minimum Gasteiger partial charge on any atom is -0.376 e. The average molecular weight is 418 g/mol. The van der Waals surface area contributed by atoms with Gasteiger partial charge in [0.1, 0.15) is 0 Å². The predicted molar refractivity (Wildman–Crippen MR) is 119 cm³/mol. The number of para-hydroxylation sites is 1. The third-order valence-corrected chi connectivity index (χ3v) is 7.16. The van der Waals surface area contributed by atoms with E-state index in [0.29, 0.717) is 24.3 Å². The summed E-state index contributed by atoms with van der Waals surface area (Å²) in [5, 5.41) is 6.01. The van der Waals surface area contributed by atoms with Gasteiger partial charge in [0.15, 0.2) is 0 Å². The van der Waals surface area contributed by atoms with E-state index in [0.717, 1.165) is 23.2 Å². The number of amides is 1. The van der Waals surface area contributed by atoms with Gasteiger partial charge in [-0.05, 0) is 49.1 Å². The molecule has 158 valence electrons. The van der Waals surface area contributed by atoms with Gasteiger partial charge < -0.3 is 10.6 Å². The molecule has 6 nitrogen and oxygen atoms in total. The van der Waals surface area contributed by atoms with Gasteiger partial charge in [-0.25, -0.2) is 8.42 Å². The SMILES string of the molecule is CCc1cccc(C)c1NC(=O)CNc1ccc(C)c(S(=O)(=O)N(CC)CC)c1. The van der Waals surface area contributed by atoms with Gasteiger partial charge in [-0.1, -0.05) is 45.0 Å². The summed E-state index contributed by atoms with van der Waals surface area (Å²) in [4.78, 5) is 12.7. The minimum atomic E-state index is -3.56. The van der Waals surface area contributed by atoms with Crippen LogP contribution in [0.4, 0.5) is 11.4 Å². The summed E-state index contributed by atoms with van der Waals surface area (Å²) in [5.74, 6) is -0.178. The smallest absolute Gasteiger partial charge is 0.243 e. The summed E-state index contributed by atoms with van der Waals surface area (Å²) in [6.45, 7) is 10.3. The molecule has 0 aliphatic heterocycles. The summed E-state index contributed by atoms with van der Waals surface area (Å²) >= 11 is 0. The Kier molecular flexibility index (Phi) is 7.81. The summed E-state index contributed by atoms with van der Waals surface area (Å²) in [7, 11) is -3.56. The van der Waals surface area contributed by atoms with Crippen molar-refractivity contribution in [3.63, 3.8) is 0 Å². The normalized spacial score (nSPS) is 11.5. The number of carbonyl (C=O) groups excluding carboxylic acids is 1. The topological polar surface area (TPSA) is 78.5 Å². The van der Waals surface area contributed by atoms with Crippen LogP contribution in [0, 0.1) is 13.8 Å². The third-order valence-electron chi connectivity index (χ3n) is 4.97. The molecule has 29 heavy (non-hydrogen) atoms. The number of sulfonamides is 1. The molecule has 0 unspecified atom stereocenters. The van der Waals surface area contributed by atoms with Gasteiger partial charge in [0.05, 0.1) is 11.4 Å². The molecule has 0 heterocycles. The molecule has 0 bridgehead atoms. The highest BCUT2D eigenvalue weighted by Crippen LogP contribution is 2.24. The Morgan fingerprint density at radius 1 is 1.00 bits per heavy atom. The Morgan fingerprint density at radius 2 is 1.69 bits per heavy atom. The fourth-order valence-corrected chi connectivity index (χ4v) is 4.97. The van der Waals surface area contributed by atoms with Crippen molar-refractivity contribution in [1.82, 2.24) is 4.31 Å². The van der Waals surface area contributed by atoms with Crippen LogP contribution >= 0.6 is 0 Å². The van der Waals surface area contributed by atoms with Gasteiger partial charge in [0, 0.05) is 24.5 Å². The first-order valence-corrected chi connectivity index (χ1v) is 11.4. The standard InChI is InChI=1S/C22H31N3O3S/c1-6-18-11-9-10-17(5)22(18)24-21(26)15-23-19-13-12-16(4)20(14-19)29(27,28)25(7-2)8-3/h9-14,23H,6-8,15H2,1-5H3,(H,24,26). The van der Waals surface area contributed by atoms with Gasteiger partial charge >= 0.3 is 0 Å². The first kappa shape index (κ1) is 22.9. The number of aryl methyl sites for hydroxylation is 3. The molecule has 7 heteroatoms. The molecule has 0 saturated carbocycles. The van der Waals surface area contributed by atoms with Crippen LogP contribution in [0.3, 0.4) is 0 Å². The summed E-state index contributed by atoms with van der Waals surface area (Å²) in [6, 6.07) is 11.1. The van der Waals surface area contributed by atoms with Crippen molar-refractivity contribution in [2.24, 2.45) is 0 Å². The quantitative estimate of drug-likeness (QED) is 0.648. The molecule has 0 aliphatic rings. The van der Waals surface area contributed by atoms with Crippen molar-refractivity contribution in [2.75, 3.05) is 30.3 Å². The van der Waals surface area contributed by atoms with E-state index < -0.39 is 10.0 Å². The van der Waals surface area contributed by atoms with E-state index in [1.54, 1.807) is 25.1 Å². The van der Waals surface area contributed by atoms with Crippen molar-refractivity contribution in [2.45, 2.75) is 45.9 Å². The third kappa shape index (κ3) is 5.36. The van der Waals surface area contributed by atoms with Gasteiger partial charge in [-0.15, -0.1) is 0 Å². The fraction of sp³-hybridized carbons (Fsp3) is 0.409. The highest BCUT2D eigenvalue weighted by atomic mass is 32.2. The Bertz CT molecular complexity index is 967. The molecule has 2 aromatic rings. The molecule has 0 saturated heterocycles. The van der Waals surface area contributed by atoms with Crippen molar-refractivity contribution >= 4 is 27.3 Å². The molecule has 0 fully saturated rings. The van der Waals surface area contributed by atoms with E-state index in [1.807, 2.05) is 45.9 Å². The highest BCUT2D eigenvalue weighted by Gasteiger charge is 2.23. The second-order valence-corrected chi connectivity index (χ2v) is 8.84. The van der Waals surface area contributed by atoms with Gasteiger partial charge in [0.25, 0.3) is 0 Å². The lowest BCUT2D eigenvalue weighted by Gasteiger charge is -2.20. The lowest BCUT2D eigenvalue weighted by atomic mass is 10.1. The molecular formula is C22H31N3O3S. The maximum absolute atomic E-state index is 12.9. The van der Waals surface area contributed by atoms with Crippen LogP contribution in [-0.2, 0) is 21.2 Å². The molecule has 2 rings (SSSR count). The average Bonchev–Trinajstić information content (AvgIpc) is 2.69. The summed E-state index contributed by atoms with van der Waals surface area (Å²) in [6.07, 6.45) is 0.829. The number of nitrogens with zero attached hydrogens (tertiary/aromatic N) is 1. The minimum absolute atomic E-state index is 0.0469. The number of carbonyl (C=O) groups is 1. The molecule has 0 spiro atoms. The van der Waals surface area contributed by atoms with Crippen LogP contribution in [0.2, 0.25) is 0 Å². The Balaban J connectivity index is 2.15. The van der Waals surface area contributed by atoms with Crippen molar-refractivity contribution in [3.05, 3.63) is 53.1 Å². The largest absolute Gasteiger partial charge is 0.376 e. The summed E-state index contributed by atoms with van der Waals surface area (Å²) < 4.78 is 27.2. The maximum atomic E-state index is 12.9. The van der Waals surface area contributed by atoms with Crippen LogP contribution in [0.1, 0.15) is 37.5 Å². The first-order chi connectivity index (χ1) is 13.7. The van der Waals surface area contributed by atoms with Crippen LogP contribution in [0.25, 0.3) is 0 Å². The highest BCUT2D eigenvalue weighted by molar-refractivity contribution is 7.89. The first-order valence-electron chi connectivity index (χ1n) is 9.97. The maximum Gasteiger partial charge on any atom is 0.243 e. The number of anilines is 2. The van der Waals surface area contributed by atoms with E-state index in [2.05, 4.69) is 10.6 Å². The number of benzene rings is 2. The van der Waals surface area contributed by atoms with E-state index >= 15 is 0 Å². The molecule has 2 aromatic carbocycles.